The molecule has 0 aliphatic carbocycles. The lowest BCUT2D eigenvalue weighted by Crippen LogP contribution is -2.49. The highest BCUT2D eigenvalue weighted by Crippen LogP contribution is 2.41. The van der Waals surface area contributed by atoms with Gasteiger partial charge in [0.15, 0.2) is 8.32 Å². The number of allylic oxidation sites excluding steroid dienone is 1. The van der Waals surface area contributed by atoms with Gasteiger partial charge in [0, 0.05) is 12.0 Å². The maximum Gasteiger partial charge on any atom is 0.193 e. The van der Waals surface area contributed by atoms with E-state index in [-0.39, 0.29) is 10.6 Å². The van der Waals surface area contributed by atoms with Crippen molar-refractivity contribution >= 4 is 8.32 Å². The van der Waals surface area contributed by atoms with Crippen LogP contribution in [0.4, 0.5) is 0 Å². The van der Waals surface area contributed by atoms with E-state index >= 15 is 0 Å². The maximum atomic E-state index is 6.75. The first-order valence-electron chi connectivity index (χ1n) is 8.39. The van der Waals surface area contributed by atoms with Gasteiger partial charge in [-0.1, -0.05) is 56.9 Å². The summed E-state index contributed by atoms with van der Waals surface area (Å²) in [5, 5.41) is 0.190. The minimum absolute atomic E-state index is 0.190. The Morgan fingerprint density at radius 3 is 2.17 bits per heavy atom. The van der Waals surface area contributed by atoms with Crippen molar-refractivity contribution in [3.05, 3.63) is 47.5 Å². The Morgan fingerprint density at radius 1 is 1.13 bits per heavy atom. The number of hydrogen-bond donors (Lipinski definition) is 0. The fourth-order valence-electron chi connectivity index (χ4n) is 2.11. The zero-order valence-electron chi connectivity index (χ0n) is 16.1. The van der Waals surface area contributed by atoms with E-state index in [2.05, 4.69) is 72.6 Å². The molecule has 1 aromatic rings. The van der Waals surface area contributed by atoms with E-state index in [0.717, 1.165) is 5.56 Å². The predicted octanol–water partition coefficient (Wildman–Crippen LogP) is 6.17. The van der Waals surface area contributed by atoms with Crippen molar-refractivity contribution < 1.29 is 4.43 Å². The lowest BCUT2D eigenvalue weighted by molar-refractivity contribution is 0.114. The molecule has 0 heterocycles. The lowest BCUT2D eigenvalue weighted by Gasteiger charge is -2.44. The molecule has 0 amide bonds. The average molecular weight is 329 g/mol. The quantitative estimate of drug-likeness (QED) is 0.364. The Kier molecular flexibility index (Phi) is 6.45. The summed E-state index contributed by atoms with van der Waals surface area (Å²) in [6.07, 6.45) is 2.86. The van der Waals surface area contributed by atoms with Gasteiger partial charge in [-0.25, -0.2) is 0 Å². The van der Waals surface area contributed by atoms with Crippen LogP contribution in [0.2, 0.25) is 18.1 Å². The summed E-state index contributed by atoms with van der Waals surface area (Å²) in [5.74, 6) is 6.60. The van der Waals surface area contributed by atoms with E-state index in [0.29, 0.717) is 6.42 Å². The topological polar surface area (TPSA) is 9.23 Å². The second-order valence-electron chi connectivity index (χ2n) is 7.91. The third kappa shape index (κ3) is 5.37. The molecule has 1 nitrogen and oxygen atoms in total. The van der Waals surface area contributed by atoms with Gasteiger partial charge in [-0.05, 0) is 56.6 Å². The van der Waals surface area contributed by atoms with Crippen molar-refractivity contribution in [1.29, 1.82) is 0 Å². The van der Waals surface area contributed by atoms with Crippen LogP contribution in [-0.2, 0) is 4.43 Å². The number of rotatable bonds is 4. The Morgan fingerprint density at radius 2 is 1.70 bits per heavy atom. The van der Waals surface area contributed by atoms with Crippen molar-refractivity contribution in [1.82, 2.24) is 0 Å². The largest absolute Gasteiger partial charge is 0.407 e. The highest BCUT2D eigenvalue weighted by Gasteiger charge is 2.43. The molecule has 0 radical (unpaired) electrons. The van der Waals surface area contributed by atoms with Gasteiger partial charge in [0.05, 0.1) is 5.60 Å². The second kappa shape index (κ2) is 7.51. The van der Waals surface area contributed by atoms with Crippen molar-refractivity contribution in [2.45, 2.75) is 71.7 Å². The maximum absolute atomic E-state index is 6.75. The van der Waals surface area contributed by atoms with Crippen molar-refractivity contribution in [2.75, 3.05) is 0 Å². The molecule has 0 saturated carbocycles. The smallest absolute Gasteiger partial charge is 0.193 e. The van der Waals surface area contributed by atoms with Gasteiger partial charge in [-0.3, -0.25) is 0 Å². The highest BCUT2D eigenvalue weighted by atomic mass is 28.4. The highest BCUT2D eigenvalue weighted by molar-refractivity contribution is 6.74. The molecule has 1 aromatic carbocycles. The van der Waals surface area contributed by atoms with Crippen LogP contribution in [0.1, 0.15) is 53.5 Å². The van der Waals surface area contributed by atoms with Gasteiger partial charge < -0.3 is 4.43 Å². The summed E-state index contributed by atoms with van der Waals surface area (Å²) in [6.45, 7) is 17.9. The fraction of sp³-hybridized carbons (Fsp3) is 0.524. The van der Waals surface area contributed by atoms with Crippen LogP contribution in [0.25, 0.3) is 0 Å². The van der Waals surface area contributed by atoms with E-state index < -0.39 is 8.32 Å². The van der Waals surface area contributed by atoms with Crippen LogP contribution in [0.15, 0.2) is 42.0 Å². The first-order valence-corrected chi connectivity index (χ1v) is 11.3. The van der Waals surface area contributed by atoms with Gasteiger partial charge in [-0.2, -0.15) is 0 Å². The first-order chi connectivity index (χ1) is 10.5. The molecule has 0 spiro atoms. The Bertz CT molecular complexity index is 596. The Labute approximate surface area is 144 Å². The normalized spacial score (nSPS) is 15.6. The molecular formula is C21H32OSi. The summed E-state index contributed by atoms with van der Waals surface area (Å²) in [7, 11) is -1.86. The SMILES string of the molecule is C/C=C(\C)C(C)(CC#Cc1ccccc1)O[Si](C)(C)C(C)(C)C. The molecule has 0 aliphatic heterocycles. The molecule has 126 valence electrons. The minimum atomic E-state index is -1.86. The number of hydrogen-bond acceptors (Lipinski definition) is 1. The van der Waals surface area contributed by atoms with Crippen molar-refractivity contribution in [2.24, 2.45) is 0 Å². The number of benzene rings is 1. The summed E-state index contributed by atoms with van der Waals surface area (Å²) in [6, 6.07) is 10.1. The van der Waals surface area contributed by atoms with Crippen LogP contribution in [0, 0.1) is 11.8 Å². The molecule has 0 bridgehead atoms. The van der Waals surface area contributed by atoms with Gasteiger partial charge in [0.25, 0.3) is 0 Å². The summed E-state index contributed by atoms with van der Waals surface area (Å²) in [5.41, 5.74) is 1.99. The molecule has 1 rings (SSSR count). The molecule has 23 heavy (non-hydrogen) atoms. The van der Waals surface area contributed by atoms with Gasteiger partial charge >= 0.3 is 0 Å². The van der Waals surface area contributed by atoms with Crippen LogP contribution >= 0.6 is 0 Å². The predicted molar refractivity (Wildman–Crippen MR) is 104 cm³/mol. The fourth-order valence-corrected chi connectivity index (χ4v) is 3.78. The molecule has 1 unspecified atom stereocenters. The Balaban J connectivity index is 3.03. The molecule has 0 fully saturated rings. The first kappa shape index (κ1) is 19.7. The zero-order chi connectivity index (χ0) is 17.7. The molecule has 2 heteroatoms. The Hall–Kier alpha value is -1.30. The monoisotopic (exact) mass is 328 g/mol. The van der Waals surface area contributed by atoms with Crippen LogP contribution in [0.5, 0.6) is 0 Å². The minimum Gasteiger partial charge on any atom is -0.407 e. The van der Waals surface area contributed by atoms with Gasteiger partial charge in [0.1, 0.15) is 0 Å². The second-order valence-corrected chi connectivity index (χ2v) is 12.6. The third-order valence-corrected chi connectivity index (χ3v) is 9.56. The molecule has 0 aliphatic rings. The summed E-state index contributed by atoms with van der Waals surface area (Å²) >= 11 is 0. The standard InChI is InChI=1S/C21H32OSi/c1-9-18(2)21(6,22-23(7,8)20(3,4)5)17-13-16-19-14-11-10-12-15-19/h9-12,14-15H,17H2,1-8H3/b18-9+. The molecule has 0 saturated heterocycles. The van der Waals surface area contributed by atoms with Crippen LogP contribution < -0.4 is 0 Å². The lowest BCUT2D eigenvalue weighted by atomic mass is 9.93. The molecular weight excluding hydrogens is 296 g/mol. The van der Waals surface area contributed by atoms with Gasteiger partial charge in [0.2, 0.25) is 0 Å². The summed E-state index contributed by atoms with van der Waals surface area (Å²) < 4.78 is 6.75. The van der Waals surface area contributed by atoms with E-state index in [4.69, 9.17) is 4.43 Å². The third-order valence-electron chi connectivity index (χ3n) is 4.99. The molecule has 0 N–H and O–H groups in total. The van der Waals surface area contributed by atoms with Crippen molar-refractivity contribution in [3.63, 3.8) is 0 Å². The van der Waals surface area contributed by atoms with Crippen molar-refractivity contribution in [3.8, 4) is 11.8 Å². The van der Waals surface area contributed by atoms with Crippen LogP contribution in [0.3, 0.4) is 0 Å². The van der Waals surface area contributed by atoms with E-state index in [1.807, 2.05) is 30.3 Å². The molecule has 0 aromatic heterocycles. The van der Waals surface area contributed by atoms with Crippen LogP contribution in [-0.4, -0.2) is 13.9 Å². The van der Waals surface area contributed by atoms with Gasteiger partial charge in [-0.15, -0.1) is 0 Å². The van der Waals surface area contributed by atoms with E-state index in [1.54, 1.807) is 0 Å². The molecule has 1 atom stereocenters. The average Bonchev–Trinajstić information content (AvgIpc) is 2.45. The summed E-state index contributed by atoms with van der Waals surface area (Å²) in [4.78, 5) is 0. The van der Waals surface area contributed by atoms with E-state index in [9.17, 15) is 0 Å². The zero-order valence-corrected chi connectivity index (χ0v) is 17.1. The van der Waals surface area contributed by atoms with E-state index in [1.165, 1.54) is 5.57 Å².